The summed E-state index contributed by atoms with van der Waals surface area (Å²) in [7, 11) is 0. The second-order valence-corrected chi connectivity index (χ2v) is 9.82. The third-order valence-electron chi connectivity index (χ3n) is 8.70. The van der Waals surface area contributed by atoms with Crippen molar-refractivity contribution in [3.8, 4) is 0 Å². The zero-order valence-electron chi connectivity index (χ0n) is 16.6. The van der Waals surface area contributed by atoms with Crippen molar-refractivity contribution in [1.82, 2.24) is 0 Å². The summed E-state index contributed by atoms with van der Waals surface area (Å²) in [4.78, 5) is 24.4. The molecule has 0 amide bonds. The maximum absolute atomic E-state index is 14.2. The molecule has 4 aliphatic carbocycles. The standard InChI is InChI=1S/C22H29FO5/c1-11-6-14-13-5-4-12-7-16(25)15(23)8-20(12,2)19(13)17(26)9-21(14,3)22(11,28)18(27)10-24/h7-8,11,13-14,17,19,24,26,28H,4-6,9-10H2,1-3H3/t11-,13-,14-,17-,19+,20-,21-,22-/m0/s1. The predicted molar refractivity (Wildman–Crippen MR) is 99.6 cm³/mol. The van der Waals surface area contributed by atoms with Gasteiger partial charge in [-0.2, -0.15) is 0 Å². The number of hydrogen-bond donors (Lipinski definition) is 3. The van der Waals surface area contributed by atoms with E-state index in [2.05, 4.69) is 0 Å². The van der Waals surface area contributed by atoms with Crippen LogP contribution in [0.3, 0.4) is 0 Å². The molecule has 0 aromatic heterocycles. The summed E-state index contributed by atoms with van der Waals surface area (Å²) in [5, 5.41) is 32.1. The van der Waals surface area contributed by atoms with E-state index < -0.39 is 46.5 Å². The van der Waals surface area contributed by atoms with Crippen molar-refractivity contribution in [2.24, 2.45) is 34.5 Å². The quantitative estimate of drug-likeness (QED) is 0.669. The maximum Gasteiger partial charge on any atom is 0.213 e. The summed E-state index contributed by atoms with van der Waals surface area (Å²) < 4.78 is 14.2. The lowest BCUT2D eigenvalue weighted by atomic mass is 9.46. The number of halogens is 1. The van der Waals surface area contributed by atoms with Crippen LogP contribution in [0, 0.1) is 34.5 Å². The van der Waals surface area contributed by atoms with Crippen molar-refractivity contribution in [3.63, 3.8) is 0 Å². The number of aliphatic hydroxyl groups excluding tert-OH is 2. The highest BCUT2D eigenvalue weighted by atomic mass is 19.1. The molecule has 0 aliphatic heterocycles. The molecule has 3 fully saturated rings. The predicted octanol–water partition coefficient (Wildman–Crippen LogP) is 2.10. The van der Waals surface area contributed by atoms with Crippen LogP contribution in [-0.2, 0) is 9.59 Å². The molecule has 0 spiro atoms. The van der Waals surface area contributed by atoms with Gasteiger partial charge in [0.2, 0.25) is 5.78 Å². The van der Waals surface area contributed by atoms with E-state index in [4.69, 9.17) is 0 Å². The summed E-state index contributed by atoms with van der Waals surface area (Å²) in [6.07, 6.45) is 4.09. The lowest BCUT2D eigenvalue weighted by molar-refractivity contribution is -0.183. The number of allylic oxidation sites excluding steroid dienone is 4. The van der Waals surface area contributed by atoms with E-state index in [-0.39, 0.29) is 30.1 Å². The number of aliphatic hydroxyl groups is 3. The second-order valence-electron chi connectivity index (χ2n) is 9.82. The highest BCUT2D eigenvalue weighted by Crippen LogP contribution is 2.68. The molecule has 0 heterocycles. The van der Waals surface area contributed by atoms with Gasteiger partial charge in [0.1, 0.15) is 12.2 Å². The molecule has 0 unspecified atom stereocenters. The first-order chi connectivity index (χ1) is 13.0. The zero-order chi connectivity index (χ0) is 20.6. The van der Waals surface area contributed by atoms with Gasteiger partial charge >= 0.3 is 0 Å². The Morgan fingerprint density at radius 2 is 2.04 bits per heavy atom. The first-order valence-corrected chi connectivity index (χ1v) is 10.2. The maximum atomic E-state index is 14.2. The molecule has 6 heteroatoms. The minimum absolute atomic E-state index is 0.00359. The van der Waals surface area contributed by atoms with Crippen molar-refractivity contribution in [2.45, 2.75) is 58.2 Å². The monoisotopic (exact) mass is 392 g/mol. The van der Waals surface area contributed by atoms with Gasteiger partial charge in [-0.1, -0.05) is 26.3 Å². The summed E-state index contributed by atoms with van der Waals surface area (Å²) in [6.45, 7) is 4.83. The molecule has 0 radical (unpaired) electrons. The number of ketones is 2. The molecule has 0 aromatic carbocycles. The Balaban J connectivity index is 1.79. The van der Waals surface area contributed by atoms with Crippen LogP contribution < -0.4 is 0 Å². The fourth-order valence-electron chi connectivity index (χ4n) is 7.43. The van der Waals surface area contributed by atoms with E-state index in [0.717, 1.165) is 12.0 Å². The summed E-state index contributed by atoms with van der Waals surface area (Å²) in [6, 6.07) is 0. The summed E-state index contributed by atoms with van der Waals surface area (Å²) in [5.41, 5.74) is -2.42. The molecule has 0 bridgehead atoms. The number of rotatable bonds is 2. The SMILES string of the molecule is C[C@H]1C[C@H]2[C@@H]3CCC4=CC(=O)C(F)=C[C@]4(C)[C@H]3[C@@H](O)C[C@]2(C)[C@@]1(O)C(=O)CO. The first kappa shape index (κ1) is 19.9. The Labute approximate surface area is 164 Å². The van der Waals surface area contributed by atoms with E-state index in [9.17, 15) is 29.3 Å². The molecule has 8 atom stereocenters. The van der Waals surface area contributed by atoms with Gasteiger partial charge in [-0.05, 0) is 55.6 Å². The van der Waals surface area contributed by atoms with E-state index in [1.54, 1.807) is 0 Å². The van der Waals surface area contributed by atoms with Gasteiger partial charge in [0.05, 0.1) is 6.10 Å². The summed E-state index contributed by atoms with van der Waals surface area (Å²) in [5.74, 6) is -2.62. The molecule has 28 heavy (non-hydrogen) atoms. The molecule has 0 aromatic rings. The van der Waals surface area contributed by atoms with Crippen LogP contribution in [0.2, 0.25) is 0 Å². The van der Waals surface area contributed by atoms with Crippen LogP contribution >= 0.6 is 0 Å². The number of Topliss-reactive ketones (excluding diaryl/α,β-unsaturated/α-hetero) is 1. The highest BCUT2D eigenvalue weighted by molar-refractivity contribution is 6.04. The first-order valence-electron chi connectivity index (χ1n) is 10.2. The highest BCUT2D eigenvalue weighted by Gasteiger charge is 2.70. The topological polar surface area (TPSA) is 94.8 Å². The number of hydrogen-bond acceptors (Lipinski definition) is 5. The van der Waals surface area contributed by atoms with Gasteiger partial charge in [-0.3, -0.25) is 9.59 Å². The van der Waals surface area contributed by atoms with E-state index in [0.29, 0.717) is 12.8 Å². The lowest BCUT2D eigenvalue weighted by Crippen LogP contribution is -2.62. The van der Waals surface area contributed by atoms with Crippen LogP contribution in [-0.4, -0.2) is 45.2 Å². The smallest absolute Gasteiger partial charge is 0.213 e. The number of carbonyl (C=O) groups excluding carboxylic acids is 2. The molecule has 3 saturated carbocycles. The van der Waals surface area contributed by atoms with Gasteiger partial charge in [0, 0.05) is 16.7 Å². The van der Waals surface area contributed by atoms with Crippen molar-refractivity contribution < 1.29 is 29.3 Å². The van der Waals surface area contributed by atoms with E-state index in [1.807, 2.05) is 20.8 Å². The molecule has 154 valence electrons. The summed E-state index contributed by atoms with van der Waals surface area (Å²) >= 11 is 0. The minimum Gasteiger partial charge on any atom is -0.393 e. The largest absolute Gasteiger partial charge is 0.393 e. The number of carbonyl (C=O) groups is 2. The Kier molecular flexibility index (Phi) is 4.32. The Morgan fingerprint density at radius 1 is 1.36 bits per heavy atom. The zero-order valence-corrected chi connectivity index (χ0v) is 16.6. The Morgan fingerprint density at radius 3 is 2.68 bits per heavy atom. The number of fused-ring (bicyclic) bond motifs is 5. The van der Waals surface area contributed by atoms with Crippen LogP contribution in [0.1, 0.15) is 46.5 Å². The fraction of sp³-hybridized carbons (Fsp3) is 0.727. The van der Waals surface area contributed by atoms with Crippen LogP contribution in [0.25, 0.3) is 0 Å². The van der Waals surface area contributed by atoms with Crippen molar-refractivity contribution in [1.29, 1.82) is 0 Å². The fourth-order valence-corrected chi connectivity index (χ4v) is 7.43. The third kappa shape index (κ3) is 2.22. The van der Waals surface area contributed by atoms with E-state index >= 15 is 0 Å². The Hall–Kier alpha value is -1.37. The molecule has 4 aliphatic rings. The lowest BCUT2D eigenvalue weighted by Gasteiger charge is -2.59. The van der Waals surface area contributed by atoms with Gasteiger partial charge < -0.3 is 15.3 Å². The van der Waals surface area contributed by atoms with Crippen LogP contribution in [0.4, 0.5) is 4.39 Å². The van der Waals surface area contributed by atoms with Gasteiger partial charge in [-0.15, -0.1) is 0 Å². The molecule has 0 saturated heterocycles. The average molecular weight is 392 g/mol. The second kappa shape index (κ2) is 6.07. The molecule has 4 rings (SSSR count). The minimum atomic E-state index is -1.68. The van der Waals surface area contributed by atoms with Crippen molar-refractivity contribution >= 4 is 11.6 Å². The van der Waals surface area contributed by atoms with E-state index in [1.165, 1.54) is 12.2 Å². The molecule has 5 nitrogen and oxygen atoms in total. The third-order valence-corrected chi connectivity index (χ3v) is 8.70. The molecular formula is C22H29FO5. The average Bonchev–Trinajstić information content (AvgIpc) is 2.83. The Bertz CT molecular complexity index is 803. The van der Waals surface area contributed by atoms with Crippen LogP contribution in [0.15, 0.2) is 23.6 Å². The normalized spacial score (nSPS) is 50.2. The van der Waals surface area contributed by atoms with Crippen molar-refractivity contribution in [3.05, 3.63) is 23.6 Å². The molecular weight excluding hydrogens is 363 g/mol. The van der Waals surface area contributed by atoms with Gasteiger partial charge in [0.15, 0.2) is 11.6 Å². The van der Waals surface area contributed by atoms with Gasteiger partial charge in [-0.25, -0.2) is 4.39 Å². The van der Waals surface area contributed by atoms with Gasteiger partial charge in [0.25, 0.3) is 0 Å². The van der Waals surface area contributed by atoms with Crippen LogP contribution in [0.5, 0.6) is 0 Å². The molecule has 3 N–H and O–H groups in total. The van der Waals surface area contributed by atoms with Crippen molar-refractivity contribution in [2.75, 3.05) is 6.61 Å².